The Morgan fingerprint density at radius 1 is 1.50 bits per heavy atom. The number of nitrogens with zero attached hydrogens (tertiary/aromatic N) is 3. The van der Waals surface area contributed by atoms with Crippen LogP contribution in [0.25, 0.3) is 0 Å². The van der Waals surface area contributed by atoms with Gasteiger partial charge in [0.05, 0.1) is 11.7 Å². The van der Waals surface area contributed by atoms with Crippen LogP contribution in [-0.2, 0) is 0 Å². The third-order valence-electron chi connectivity index (χ3n) is 4.05. The molecule has 0 bridgehead atoms. The molecular weight excluding hydrogens is 276 g/mol. The molecule has 0 radical (unpaired) electrons. The summed E-state index contributed by atoms with van der Waals surface area (Å²) in [6.07, 6.45) is 2.80. The lowest BCUT2D eigenvalue weighted by atomic mass is 10.1. The number of aliphatic hydroxyl groups is 1. The van der Waals surface area contributed by atoms with Crippen molar-refractivity contribution in [3.63, 3.8) is 0 Å². The van der Waals surface area contributed by atoms with Gasteiger partial charge in [-0.25, -0.2) is 4.98 Å². The number of hydrogen-bond acceptors (Lipinski definition) is 5. The Kier molecular flexibility index (Phi) is 6.17. The molecule has 5 nitrogen and oxygen atoms in total. The summed E-state index contributed by atoms with van der Waals surface area (Å²) in [4.78, 5) is 6.86. The molecule has 0 saturated carbocycles. The first-order valence-corrected chi connectivity index (χ1v) is 8.15. The van der Waals surface area contributed by atoms with Gasteiger partial charge in [0.25, 0.3) is 0 Å². The molecule has 0 aliphatic carbocycles. The molecule has 22 heavy (non-hydrogen) atoms. The zero-order valence-corrected chi connectivity index (χ0v) is 13.5. The van der Waals surface area contributed by atoms with Crippen LogP contribution in [0.2, 0.25) is 0 Å². The smallest absolute Gasteiger partial charge is 0.144 e. The van der Waals surface area contributed by atoms with Crippen LogP contribution >= 0.6 is 0 Å². The number of hydrogen-bond donors (Lipinski definition) is 2. The number of nitrogens with one attached hydrogen (secondary N) is 1. The molecule has 2 N–H and O–H groups in total. The van der Waals surface area contributed by atoms with E-state index in [4.69, 9.17) is 0 Å². The fourth-order valence-electron chi connectivity index (χ4n) is 2.76. The van der Waals surface area contributed by atoms with E-state index in [9.17, 15) is 10.4 Å². The average molecular weight is 302 g/mol. The highest BCUT2D eigenvalue weighted by molar-refractivity contribution is 5.52. The second-order valence-corrected chi connectivity index (χ2v) is 6.28. The highest BCUT2D eigenvalue weighted by atomic mass is 16.3. The van der Waals surface area contributed by atoms with E-state index in [2.05, 4.69) is 35.1 Å². The Labute approximate surface area is 133 Å². The molecule has 1 aliphatic heterocycles. The summed E-state index contributed by atoms with van der Waals surface area (Å²) in [5.41, 5.74) is 1.60. The zero-order chi connectivity index (χ0) is 15.9. The molecule has 0 amide bonds. The maximum Gasteiger partial charge on any atom is 0.144 e. The van der Waals surface area contributed by atoms with Gasteiger partial charge in [-0.3, -0.25) is 0 Å². The third kappa shape index (κ3) is 4.69. The molecule has 5 heteroatoms. The van der Waals surface area contributed by atoms with Gasteiger partial charge in [0.15, 0.2) is 0 Å². The van der Waals surface area contributed by atoms with Gasteiger partial charge in [0, 0.05) is 18.8 Å². The lowest BCUT2D eigenvalue weighted by molar-refractivity contribution is 0.0706. The average Bonchev–Trinajstić information content (AvgIpc) is 2.51. The van der Waals surface area contributed by atoms with Gasteiger partial charge in [0.1, 0.15) is 11.9 Å². The Hall–Kier alpha value is -1.64. The minimum atomic E-state index is -0.170. The van der Waals surface area contributed by atoms with Crippen molar-refractivity contribution in [2.45, 2.75) is 45.1 Å². The van der Waals surface area contributed by atoms with Gasteiger partial charge in [-0.15, -0.1) is 0 Å². The van der Waals surface area contributed by atoms with Crippen molar-refractivity contribution in [3.8, 4) is 6.07 Å². The monoisotopic (exact) mass is 302 g/mol. The van der Waals surface area contributed by atoms with Crippen LogP contribution in [0, 0.1) is 11.3 Å². The Bertz CT molecular complexity index is 524. The molecule has 0 spiro atoms. The maximum absolute atomic E-state index is 9.66. The van der Waals surface area contributed by atoms with Gasteiger partial charge in [-0.1, -0.05) is 13.8 Å². The molecule has 2 heterocycles. The largest absolute Gasteiger partial charge is 0.392 e. The van der Waals surface area contributed by atoms with E-state index >= 15 is 0 Å². The minimum Gasteiger partial charge on any atom is -0.392 e. The van der Waals surface area contributed by atoms with E-state index < -0.39 is 0 Å². The van der Waals surface area contributed by atoms with Crippen molar-refractivity contribution in [1.82, 2.24) is 9.88 Å². The molecule has 1 aromatic rings. The molecule has 1 unspecified atom stereocenters. The van der Waals surface area contributed by atoms with Crippen molar-refractivity contribution in [2.24, 2.45) is 0 Å². The first kappa shape index (κ1) is 16.7. The molecule has 0 aromatic carbocycles. The van der Waals surface area contributed by atoms with Gasteiger partial charge < -0.3 is 15.3 Å². The number of pyridine rings is 1. The summed E-state index contributed by atoms with van der Waals surface area (Å²) < 4.78 is 0. The van der Waals surface area contributed by atoms with Crippen molar-refractivity contribution in [1.29, 1.82) is 5.26 Å². The molecular formula is C17H26N4O. The molecule has 1 saturated heterocycles. The van der Waals surface area contributed by atoms with Gasteiger partial charge in [-0.05, 0) is 50.4 Å². The number of aliphatic hydroxyl groups excluding tert-OH is 1. The van der Waals surface area contributed by atoms with Crippen molar-refractivity contribution in [3.05, 3.63) is 23.4 Å². The molecule has 1 aromatic heterocycles. The number of anilines is 1. The first-order chi connectivity index (χ1) is 10.6. The van der Waals surface area contributed by atoms with E-state index in [1.807, 2.05) is 12.1 Å². The van der Waals surface area contributed by atoms with Crippen LogP contribution in [0.1, 0.15) is 50.3 Å². The first-order valence-electron chi connectivity index (χ1n) is 8.15. The second kappa shape index (κ2) is 8.11. The number of piperidine rings is 1. The zero-order valence-electron chi connectivity index (χ0n) is 13.5. The number of nitriles is 1. The number of β-amino-alcohol motifs (C(OH)–C–C–N with tert-alkyl or cyclic N) is 1. The predicted molar refractivity (Wildman–Crippen MR) is 87.8 cm³/mol. The van der Waals surface area contributed by atoms with Crippen molar-refractivity contribution < 1.29 is 5.11 Å². The van der Waals surface area contributed by atoms with E-state index in [0.717, 1.165) is 51.1 Å². The fourth-order valence-corrected chi connectivity index (χ4v) is 2.76. The Morgan fingerprint density at radius 2 is 2.32 bits per heavy atom. The minimum absolute atomic E-state index is 0.170. The second-order valence-electron chi connectivity index (χ2n) is 6.28. The lowest BCUT2D eigenvalue weighted by Crippen LogP contribution is -2.39. The Morgan fingerprint density at radius 3 is 3.00 bits per heavy atom. The summed E-state index contributed by atoms with van der Waals surface area (Å²) in [6.45, 7) is 7.80. The summed E-state index contributed by atoms with van der Waals surface area (Å²) in [7, 11) is 0. The van der Waals surface area contributed by atoms with Crippen LogP contribution in [0.4, 0.5) is 5.82 Å². The number of likely N-dealkylation sites (tertiary alicyclic amines) is 1. The molecule has 1 fully saturated rings. The molecule has 1 aliphatic rings. The van der Waals surface area contributed by atoms with Crippen LogP contribution in [-0.4, -0.2) is 47.3 Å². The van der Waals surface area contributed by atoms with E-state index in [1.165, 1.54) is 0 Å². The number of aromatic nitrogens is 1. The van der Waals surface area contributed by atoms with Crippen LogP contribution < -0.4 is 5.32 Å². The molecule has 1 atom stereocenters. The van der Waals surface area contributed by atoms with Gasteiger partial charge in [-0.2, -0.15) is 5.26 Å². The van der Waals surface area contributed by atoms with Gasteiger partial charge in [0.2, 0.25) is 0 Å². The maximum atomic E-state index is 9.66. The van der Waals surface area contributed by atoms with E-state index in [1.54, 1.807) is 0 Å². The van der Waals surface area contributed by atoms with Crippen LogP contribution in [0.5, 0.6) is 0 Å². The van der Waals surface area contributed by atoms with E-state index in [-0.39, 0.29) is 6.10 Å². The highest BCUT2D eigenvalue weighted by Gasteiger charge is 2.16. The fraction of sp³-hybridized carbons (Fsp3) is 0.647. The number of rotatable bonds is 6. The summed E-state index contributed by atoms with van der Waals surface area (Å²) in [6, 6.07) is 5.95. The van der Waals surface area contributed by atoms with Gasteiger partial charge >= 0.3 is 0 Å². The SMILES string of the molecule is CC(C)c1ccc(C#N)c(NCCCN2CCCC(O)C2)n1. The Balaban J connectivity index is 1.83. The molecule has 120 valence electrons. The van der Waals surface area contributed by atoms with Crippen LogP contribution in [0.15, 0.2) is 12.1 Å². The summed E-state index contributed by atoms with van der Waals surface area (Å²) >= 11 is 0. The van der Waals surface area contributed by atoms with Crippen LogP contribution in [0.3, 0.4) is 0 Å². The topological polar surface area (TPSA) is 72.2 Å². The molecule has 2 rings (SSSR count). The van der Waals surface area contributed by atoms with E-state index in [0.29, 0.717) is 17.3 Å². The third-order valence-corrected chi connectivity index (χ3v) is 4.05. The normalized spacial score (nSPS) is 19.1. The quantitative estimate of drug-likeness (QED) is 0.789. The van der Waals surface area contributed by atoms with Crippen molar-refractivity contribution >= 4 is 5.82 Å². The summed E-state index contributed by atoms with van der Waals surface area (Å²) in [5, 5.41) is 22.1. The summed E-state index contributed by atoms with van der Waals surface area (Å²) in [5.74, 6) is 1.04. The lowest BCUT2D eigenvalue weighted by Gasteiger charge is -2.29. The highest BCUT2D eigenvalue weighted by Crippen LogP contribution is 2.18. The standard InChI is InChI=1S/C17H26N4O/c1-13(2)16-7-6-14(11-18)17(20-16)19-8-4-10-21-9-3-5-15(22)12-21/h6-7,13,15,22H,3-5,8-10,12H2,1-2H3,(H,19,20). The predicted octanol–water partition coefficient (Wildman–Crippen LogP) is 2.34. The van der Waals surface area contributed by atoms with Crippen molar-refractivity contribution in [2.75, 3.05) is 31.5 Å².